The number of carbonyl (C=O) groups is 2. The molecule has 1 aromatic carbocycles. The molecule has 7 heteroatoms. The molecule has 2 aromatic rings. The van der Waals surface area contributed by atoms with Crippen LogP contribution in [0, 0.1) is 17.8 Å². The van der Waals surface area contributed by atoms with Gasteiger partial charge in [0.1, 0.15) is 11.5 Å². The number of methoxy groups -OCH3 is 1. The number of ether oxygens (including phenoxy) is 2. The van der Waals surface area contributed by atoms with Gasteiger partial charge in [-0.15, -0.1) is 11.3 Å². The Bertz CT molecular complexity index is 944. The molecule has 1 spiro atoms. The molecular weight excluding hydrogens is 388 g/mol. The van der Waals surface area contributed by atoms with Crippen LogP contribution in [0.25, 0.3) is 0 Å². The molecule has 0 unspecified atom stereocenters. The first kappa shape index (κ1) is 18.5. The molecule has 3 aliphatic carbocycles. The zero-order valence-electron chi connectivity index (χ0n) is 16.3. The van der Waals surface area contributed by atoms with Gasteiger partial charge in [-0.05, 0) is 48.8 Å². The van der Waals surface area contributed by atoms with Crippen LogP contribution in [-0.2, 0) is 11.3 Å². The Kier molecular flexibility index (Phi) is 4.50. The molecule has 6 nitrogen and oxygen atoms in total. The van der Waals surface area contributed by atoms with Crippen LogP contribution in [0.4, 0.5) is 0 Å². The molecule has 3 saturated carbocycles. The number of fused-ring (bicyclic) bond motifs is 3. The average molecular weight is 413 g/mol. The fourth-order valence-corrected chi connectivity index (χ4v) is 5.80. The summed E-state index contributed by atoms with van der Waals surface area (Å²) in [4.78, 5) is 26.8. The monoisotopic (exact) mass is 412 g/mol. The van der Waals surface area contributed by atoms with E-state index < -0.39 is 5.72 Å². The van der Waals surface area contributed by atoms with Crippen LogP contribution in [0.1, 0.15) is 40.9 Å². The summed E-state index contributed by atoms with van der Waals surface area (Å²) in [5.41, 5.74) is -0.188. The molecule has 6 rings (SSSR count). The highest BCUT2D eigenvalue weighted by Gasteiger charge is 2.57. The number of rotatable bonds is 4. The molecule has 2 N–H and O–H groups in total. The number of hydrogen-bond acceptors (Lipinski definition) is 5. The Morgan fingerprint density at radius 3 is 3.00 bits per heavy atom. The van der Waals surface area contributed by atoms with Crippen molar-refractivity contribution < 1.29 is 19.1 Å². The first-order valence-electron chi connectivity index (χ1n) is 10.1. The summed E-state index contributed by atoms with van der Waals surface area (Å²) in [7, 11) is 1.60. The van der Waals surface area contributed by atoms with Crippen molar-refractivity contribution in [3.63, 3.8) is 0 Å². The Hall–Kier alpha value is -2.54. The van der Waals surface area contributed by atoms with E-state index in [0.29, 0.717) is 30.0 Å². The minimum Gasteiger partial charge on any atom is -0.497 e. The SMILES string of the molecule is COc1ccc2c(c1)O[C@]1(C[C@@H]3CC[C@@H]1C[C@@H]3C(=O)NCc1cccs1)NC2=O. The molecule has 2 heterocycles. The Labute approximate surface area is 173 Å². The van der Waals surface area contributed by atoms with Gasteiger partial charge < -0.3 is 20.1 Å². The van der Waals surface area contributed by atoms with E-state index in [4.69, 9.17) is 9.47 Å². The lowest BCUT2D eigenvalue weighted by Gasteiger charge is -2.55. The van der Waals surface area contributed by atoms with Crippen LogP contribution in [0.5, 0.6) is 11.5 Å². The molecule has 1 aromatic heterocycles. The van der Waals surface area contributed by atoms with Crippen molar-refractivity contribution in [1.82, 2.24) is 10.6 Å². The lowest BCUT2D eigenvalue weighted by Crippen LogP contribution is -2.66. The van der Waals surface area contributed by atoms with Crippen LogP contribution in [0.3, 0.4) is 0 Å². The third-order valence-electron chi connectivity index (χ3n) is 6.62. The Balaban J connectivity index is 1.33. The molecule has 1 aliphatic heterocycles. The molecule has 152 valence electrons. The van der Waals surface area contributed by atoms with Crippen LogP contribution < -0.4 is 20.1 Å². The largest absolute Gasteiger partial charge is 0.497 e. The van der Waals surface area contributed by atoms with Crippen molar-refractivity contribution in [2.45, 2.75) is 38.0 Å². The van der Waals surface area contributed by atoms with Crippen molar-refractivity contribution in [2.24, 2.45) is 17.8 Å². The fourth-order valence-electron chi connectivity index (χ4n) is 5.16. The lowest BCUT2D eigenvalue weighted by atomic mass is 9.60. The molecule has 3 fully saturated rings. The summed E-state index contributed by atoms with van der Waals surface area (Å²) in [6.45, 7) is 0.579. The van der Waals surface area contributed by atoms with Gasteiger partial charge in [-0.25, -0.2) is 0 Å². The summed E-state index contributed by atoms with van der Waals surface area (Å²) in [6.07, 6.45) is 3.35. The highest BCUT2D eigenvalue weighted by atomic mass is 32.1. The Morgan fingerprint density at radius 1 is 1.38 bits per heavy atom. The van der Waals surface area contributed by atoms with Crippen LogP contribution in [-0.4, -0.2) is 24.6 Å². The average Bonchev–Trinajstić information content (AvgIpc) is 3.25. The van der Waals surface area contributed by atoms with Gasteiger partial charge in [0, 0.05) is 29.2 Å². The zero-order chi connectivity index (χ0) is 20.0. The van der Waals surface area contributed by atoms with Gasteiger partial charge in [0.2, 0.25) is 5.91 Å². The molecule has 2 amide bonds. The van der Waals surface area contributed by atoms with E-state index in [1.807, 2.05) is 17.5 Å². The molecule has 0 saturated heterocycles. The normalized spacial score (nSPS) is 29.7. The van der Waals surface area contributed by atoms with Gasteiger partial charge in [-0.2, -0.15) is 0 Å². The number of hydrogen-bond donors (Lipinski definition) is 2. The third kappa shape index (κ3) is 3.17. The lowest BCUT2D eigenvalue weighted by molar-refractivity contribution is -0.146. The molecule has 4 aliphatic rings. The van der Waals surface area contributed by atoms with Crippen LogP contribution in [0.2, 0.25) is 0 Å². The van der Waals surface area contributed by atoms with Gasteiger partial charge in [0.25, 0.3) is 5.91 Å². The third-order valence-corrected chi connectivity index (χ3v) is 7.50. The molecule has 29 heavy (non-hydrogen) atoms. The molecule has 0 radical (unpaired) electrons. The van der Waals surface area contributed by atoms with Crippen molar-refractivity contribution in [2.75, 3.05) is 7.11 Å². The number of amides is 2. The summed E-state index contributed by atoms with van der Waals surface area (Å²) in [5, 5.41) is 8.25. The quantitative estimate of drug-likeness (QED) is 0.808. The number of thiophene rings is 1. The first-order valence-corrected chi connectivity index (χ1v) is 11.0. The van der Waals surface area contributed by atoms with Crippen molar-refractivity contribution in [3.8, 4) is 11.5 Å². The standard InChI is InChI=1S/C22H24N2O4S/c1-27-15-6-7-17-19(10-15)28-22(24-21(17)26)11-13-4-5-14(22)9-18(13)20(25)23-12-16-3-2-8-29-16/h2-3,6-8,10,13-14,18H,4-5,9,11-12H2,1H3,(H,23,25)(H,24,26)/t13-,14+,18-,22-/m0/s1. The summed E-state index contributed by atoms with van der Waals surface area (Å²) < 4.78 is 11.7. The summed E-state index contributed by atoms with van der Waals surface area (Å²) >= 11 is 1.65. The van der Waals surface area contributed by atoms with E-state index in [1.165, 1.54) is 0 Å². The Morgan fingerprint density at radius 2 is 2.28 bits per heavy atom. The minimum absolute atomic E-state index is 0.0217. The van der Waals surface area contributed by atoms with Gasteiger partial charge in [0.15, 0.2) is 5.72 Å². The first-order chi connectivity index (χ1) is 14.1. The maximum Gasteiger partial charge on any atom is 0.258 e. The molecular formula is C22H24N2O4S. The van der Waals surface area contributed by atoms with Gasteiger partial charge in [0.05, 0.1) is 19.2 Å². The van der Waals surface area contributed by atoms with Crippen molar-refractivity contribution >= 4 is 23.2 Å². The maximum absolute atomic E-state index is 12.8. The molecule has 2 bridgehead atoms. The predicted molar refractivity (Wildman–Crippen MR) is 109 cm³/mol. The van der Waals surface area contributed by atoms with Gasteiger partial charge in [-0.1, -0.05) is 6.07 Å². The van der Waals surface area contributed by atoms with E-state index in [2.05, 4.69) is 10.6 Å². The van der Waals surface area contributed by atoms with E-state index in [1.54, 1.807) is 36.6 Å². The van der Waals surface area contributed by atoms with E-state index in [0.717, 1.165) is 24.1 Å². The second-order valence-electron chi connectivity index (χ2n) is 8.19. The summed E-state index contributed by atoms with van der Waals surface area (Å²) in [5.74, 6) is 1.54. The van der Waals surface area contributed by atoms with E-state index in [9.17, 15) is 9.59 Å². The van der Waals surface area contributed by atoms with E-state index >= 15 is 0 Å². The van der Waals surface area contributed by atoms with Gasteiger partial charge >= 0.3 is 0 Å². The van der Waals surface area contributed by atoms with Gasteiger partial charge in [-0.3, -0.25) is 9.59 Å². The van der Waals surface area contributed by atoms with Crippen molar-refractivity contribution in [1.29, 1.82) is 0 Å². The zero-order valence-corrected chi connectivity index (χ0v) is 17.1. The summed E-state index contributed by atoms with van der Waals surface area (Å²) in [6, 6.07) is 9.31. The molecule has 4 atom stereocenters. The maximum atomic E-state index is 12.8. The minimum atomic E-state index is -0.718. The highest BCUT2D eigenvalue weighted by molar-refractivity contribution is 7.09. The smallest absolute Gasteiger partial charge is 0.258 e. The predicted octanol–water partition coefficient (Wildman–Crippen LogP) is 3.33. The topological polar surface area (TPSA) is 76.7 Å². The highest BCUT2D eigenvalue weighted by Crippen LogP contribution is 2.52. The number of carbonyl (C=O) groups excluding carboxylic acids is 2. The van der Waals surface area contributed by atoms with Crippen LogP contribution >= 0.6 is 11.3 Å². The van der Waals surface area contributed by atoms with Crippen LogP contribution in [0.15, 0.2) is 35.7 Å². The number of benzene rings is 1. The van der Waals surface area contributed by atoms with E-state index in [-0.39, 0.29) is 29.6 Å². The second-order valence-corrected chi connectivity index (χ2v) is 9.22. The fraction of sp³-hybridized carbons (Fsp3) is 0.455. The van der Waals surface area contributed by atoms with Crippen molar-refractivity contribution in [3.05, 3.63) is 46.2 Å². The second kappa shape index (κ2) is 7.06. The number of nitrogens with one attached hydrogen (secondary N) is 2.